The van der Waals surface area contributed by atoms with Crippen molar-refractivity contribution < 1.29 is 19.4 Å². The highest BCUT2D eigenvalue weighted by atomic mass is 16.5. The summed E-state index contributed by atoms with van der Waals surface area (Å²) in [4.78, 5) is 12.8. The van der Waals surface area contributed by atoms with Crippen LogP contribution in [-0.2, 0) is 14.3 Å². The molecule has 170 valence electrons. The lowest BCUT2D eigenvalue weighted by Crippen LogP contribution is -2.41. The van der Waals surface area contributed by atoms with Crippen LogP contribution in [0.5, 0.6) is 0 Å². The van der Waals surface area contributed by atoms with E-state index in [0.717, 1.165) is 16.7 Å². The van der Waals surface area contributed by atoms with Crippen LogP contribution in [-0.4, -0.2) is 23.8 Å². The lowest BCUT2D eigenvalue weighted by Gasteiger charge is -2.33. The normalized spacial score (nSPS) is 13.8. The quantitative estimate of drug-likeness (QED) is 0.370. The number of aliphatic hydroxyl groups excluding tert-OH is 1. The molecule has 33 heavy (non-hydrogen) atoms. The second-order valence-corrected chi connectivity index (χ2v) is 8.28. The van der Waals surface area contributed by atoms with Gasteiger partial charge < -0.3 is 14.6 Å². The molecule has 0 aromatic heterocycles. The van der Waals surface area contributed by atoms with Gasteiger partial charge in [0.05, 0.1) is 12.0 Å². The van der Waals surface area contributed by atoms with Crippen LogP contribution in [0, 0.1) is 17.3 Å². The van der Waals surface area contributed by atoms with Crippen LogP contribution < -0.4 is 0 Å². The first-order valence-electron chi connectivity index (χ1n) is 11.1. The van der Waals surface area contributed by atoms with E-state index in [2.05, 4.69) is 11.8 Å². The zero-order chi connectivity index (χ0) is 23.7. The Labute approximate surface area is 196 Å². The van der Waals surface area contributed by atoms with Gasteiger partial charge in [0.1, 0.15) is 18.3 Å². The highest BCUT2D eigenvalue weighted by Gasteiger charge is 2.41. The van der Waals surface area contributed by atoms with Crippen LogP contribution in [0.15, 0.2) is 91.0 Å². The maximum atomic E-state index is 12.8. The van der Waals surface area contributed by atoms with Crippen molar-refractivity contribution in [3.63, 3.8) is 0 Å². The Morgan fingerprint density at radius 1 is 0.879 bits per heavy atom. The Bertz CT molecular complexity index is 1070. The minimum Gasteiger partial charge on any atom is -0.465 e. The maximum absolute atomic E-state index is 12.8. The fourth-order valence-electron chi connectivity index (χ4n) is 3.43. The topological polar surface area (TPSA) is 55.8 Å². The summed E-state index contributed by atoms with van der Waals surface area (Å²) in [5, 5.41) is 11.3. The van der Waals surface area contributed by atoms with Crippen molar-refractivity contribution >= 4 is 5.97 Å². The van der Waals surface area contributed by atoms with E-state index in [1.165, 1.54) is 0 Å². The first-order valence-corrected chi connectivity index (χ1v) is 11.1. The molecule has 3 rings (SSSR count). The van der Waals surface area contributed by atoms with Gasteiger partial charge in [0, 0.05) is 5.56 Å². The third kappa shape index (κ3) is 6.32. The number of hydrogen-bond donors (Lipinski definition) is 1. The second-order valence-electron chi connectivity index (χ2n) is 8.28. The third-order valence-corrected chi connectivity index (χ3v) is 5.42. The molecular weight excluding hydrogens is 412 g/mol. The summed E-state index contributed by atoms with van der Waals surface area (Å²) < 4.78 is 11.8. The minimum absolute atomic E-state index is 0.260. The number of carbonyl (C=O) groups is 1. The van der Waals surface area contributed by atoms with Gasteiger partial charge in [-0.25, -0.2) is 0 Å². The van der Waals surface area contributed by atoms with E-state index in [0.29, 0.717) is 0 Å². The number of carbonyl (C=O) groups excluding carboxylic acids is 1. The molecule has 0 aliphatic carbocycles. The predicted octanol–water partition coefficient (Wildman–Crippen LogP) is 5.49. The van der Waals surface area contributed by atoms with Crippen molar-refractivity contribution in [1.82, 2.24) is 0 Å². The van der Waals surface area contributed by atoms with Crippen molar-refractivity contribution in [2.24, 2.45) is 5.41 Å². The Morgan fingerprint density at radius 3 is 1.94 bits per heavy atom. The Hall–Kier alpha value is -3.39. The molecule has 3 aromatic carbocycles. The SMILES string of the molecule is CCOC(=O)C(C)(C)[C@@H](C#Cc1ccccc1)O[C@H](c1ccccc1)[C@@H](O)c1ccccc1. The molecule has 0 fully saturated rings. The molecule has 0 radical (unpaired) electrons. The molecule has 0 amide bonds. The third-order valence-electron chi connectivity index (χ3n) is 5.42. The molecule has 0 saturated heterocycles. The monoisotopic (exact) mass is 442 g/mol. The Balaban J connectivity index is 2.02. The molecule has 0 heterocycles. The molecule has 0 saturated carbocycles. The van der Waals surface area contributed by atoms with E-state index < -0.39 is 29.7 Å². The van der Waals surface area contributed by atoms with E-state index in [9.17, 15) is 9.90 Å². The largest absolute Gasteiger partial charge is 0.465 e. The van der Waals surface area contributed by atoms with E-state index >= 15 is 0 Å². The zero-order valence-electron chi connectivity index (χ0n) is 19.3. The Kier molecular flexibility index (Phi) is 8.43. The van der Waals surface area contributed by atoms with Crippen molar-refractivity contribution in [1.29, 1.82) is 0 Å². The van der Waals surface area contributed by atoms with E-state index in [1.54, 1.807) is 20.8 Å². The fraction of sp³-hybridized carbons (Fsp3) is 0.276. The number of rotatable bonds is 8. The lowest BCUT2D eigenvalue weighted by molar-refractivity contribution is -0.166. The van der Waals surface area contributed by atoms with Gasteiger partial charge >= 0.3 is 5.97 Å². The molecule has 3 atom stereocenters. The number of ether oxygens (including phenoxy) is 2. The molecule has 0 spiro atoms. The van der Waals surface area contributed by atoms with Crippen molar-refractivity contribution in [2.45, 2.75) is 39.1 Å². The predicted molar refractivity (Wildman–Crippen MR) is 129 cm³/mol. The molecule has 0 aliphatic heterocycles. The van der Waals surface area contributed by atoms with Gasteiger partial charge in [-0.05, 0) is 44.0 Å². The van der Waals surface area contributed by atoms with Gasteiger partial charge in [0.2, 0.25) is 0 Å². The summed E-state index contributed by atoms with van der Waals surface area (Å²) in [6, 6.07) is 28.4. The summed E-state index contributed by atoms with van der Waals surface area (Å²) >= 11 is 0. The molecule has 3 aromatic rings. The summed E-state index contributed by atoms with van der Waals surface area (Å²) in [5.41, 5.74) is 1.25. The molecule has 0 bridgehead atoms. The minimum atomic E-state index is -1.07. The summed E-state index contributed by atoms with van der Waals surface area (Å²) in [7, 11) is 0. The first kappa shape index (κ1) is 24.3. The van der Waals surface area contributed by atoms with Crippen LogP contribution in [0.2, 0.25) is 0 Å². The van der Waals surface area contributed by atoms with Crippen molar-refractivity contribution in [3.8, 4) is 11.8 Å². The van der Waals surface area contributed by atoms with Gasteiger partial charge in [-0.1, -0.05) is 90.7 Å². The highest BCUT2D eigenvalue weighted by molar-refractivity contribution is 5.77. The molecule has 1 N–H and O–H groups in total. The molecule has 4 heteroatoms. The van der Waals surface area contributed by atoms with Gasteiger partial charge in [0.15, 0.2) is 0 Å². The van der Waals surface area contributed by atoms with Crippen LogP contribution >= 0.6 is 0 Å². The second kappa shape index (κ2) is 11.5. The van der Waals surface area contributed by atoms with Crippen LogP contribution in [0.3, 0.4) is 0 Å². The number of benzene rings is 3. The summed E-state index contributed by atoms with van der Waals surface area (Å²) in [5.74, 6) is 5.85. The molecule has 4 nitrogen and oxygen atoms in total. The number of aliphatic hydroxyl groups is 1. The number of esters is 1. The van der Waals surface area contributed by atoms with E-state index in [1.807, 2.05) is 91.0 Å². The summed E-state index contributed by atoms with van der Waals surface area (Å²) in [6.45, 7) is 5.54. The van der Waals surface area contributed by atoms with Crippen molar-refractivity contribution in [3.05, 3.63) is 108 Å². The fourth-order valence-corrected chi connectivity index (χ4v) is 3.43. The van der Waals surface area contributed by atoms with E-state index in [-0.39, 0.29) is 6.61 Å². The molecule has 0 unspecified atom stereocenters. The smallest absolute Gasteiger partial charge is 0.315 e. The van der Waals surface area contributed by atoms with Gasteiger partial charge in [-0.3, -0.25) is 4.79 Å². The van der Waals surface area contributed by atoms with Crippen LogP contribution in [0.4, 0.5) is 0 Å². The van der Waals surface area contributed by atoms with Gasteiger partial charge in [-0.15, -0.1) is 0 Å². The van der Waals surface area contributed by atoms with Gasteiger partial charge in [0.25, 0.3) is 0 Å². The van der Waals surface area contributed by atoms with Gasteiger partial charge in [-0.2, -0.15) is 0 Å². The number of hydrogen-bond acceptors (Lipinski definition) is 4. The highest BCUT2D eigenvalue weighted by Crippen LogP contribution is 2.37. The average Bonchev–Trinajstić information content (AvgIpc) is 2.85. The molecular formula is C29H30O4. The zero-order valence-corrected chi connectivity index (χ0v) is 19.3. The maximum Gasteiger partial charge on any atom is 0.315 e. The Morgan fingerprint density at radius 2 is 1.39 bits per heavy atom. The molecule has 0 aliphatic rings. The standard InChI is InChI=1S/C29H30O4/c1-4-32-28(31)29(2,3)25(21-20-22-14-8-5-9-15-22)33-27(24-18-12-7-13-19-24)26(30)23-16-10-6-11-17-23/h5-19,25-27,30H,4H2,1-3H3/t25-,26+,27-/m1/s1. The van der Waals surface area contributed by atoms with E-state index in [4.69, 9.17) is 9.47 Å². The first-order chi connectivity index (χ1) is 15.9. The van der Waals surface area contributed by atoms with Crippen molar-refractivity contribution in [2.75, 3.05) is 6.61 Å². The lowest BCUT2D eigenvalue weighted by atomic mass is 9.85. The average molecular weight is 443 g/mol. The van der Waals surface area contributed by atoms with Crippen LogP contribution in [0.1, 0.15) is 49.7 Å². The summed E-state index contributed by atoms with van der Waals surface area (Å²) in [6.07, 6.45) is -2.52. The van der Waals surface area contributed by atoms with Crippen LogP contribution in [0.25, 0.3) is 0 Å².